The first-order valence-corrected chi connectivity index (χ1v) is 8.91. The van der Waals surface area contributed by atoms with Crippen molar-refractivity contribution in [1.82, 2.24) is 9.88 Å². The molecule has 1 aliphatic carbocycles. The molecule has 0 spiro atoms. The third-order valence-corrected chi connectivity index (χ3v) is 4.84. The molecule has 0 unspecified atom stereocenters. The predicted molar refractivity (Wildman–Crippen MR) is 101 cm³/mol. The molecule has 4 nitrogen and oxygen atoms in total. The van der Waals surface area contributed by atoms with E-state index in [9.17, 15) is 14.0 Å². The van der Waals surface area contributed by atoms with E-state index in [0.717, 1.165) is 17.5 Å². The second kappa shape index (κ2) is 7.19. The third-order valence-electron chi connectivity index (χ3n) is 4.84. The molecule has 1 aliphatic rings. The van der Waals surface area contributed by atoms with Gasteiger partial charge in [-0.05, 0) is 41.8 Å². The lowest BCUT2D eigenvalue weighted by Crippen LogP contribution is -2.34. The summed E-state index contributed by atoms with van der Waals surface area (Å²) >= 11 is 0. The molecule has 1 N–H and O–H groups in total. The smallest absolute Gasteiger partial charge is 0.263 e. The molecule has 27 heavy (non-hydrogen) atoms. The Morgan fingerprint density at radius 3 is 2.67 bits per heavy atom. The Hall–Kier alpha value is -3.21. The first-order chi connectivity index (χ1) is 13.1. The van der Waals surface area contributed by atoms with Crippen molar-refractivity contribution in [1.29, 1.82) is 0 Å². The van der Waals surface area contributed by atoms with E-state index in [4.69, 9.17) is 0 Å². The first-order valence-electron chi connectivity index (χ1n) is 8.91. The van der Waals surface area contributed by atoms with Crippen molar-refractivity contribution in [2.24, 2.45) is 0 Å². The summed E-state index contributed by atoms with van der Waals surface area (Å²) in [5.74, 6) is -0.567. The molecule has 136 valence electrons. The largest absolute Gasteiger partial charge is 0.348 e. The van der Waals surface area contributed by atoms with Crippen molar-refractivity contribution >= 4 is 5.91 Å². The molecule has 2 atom stereocenters. The number of carbonyl (C=O) groups is 1. The molecule has 1 heterocycles. The Morgan fingerprint density at radius 2 is 1.89 bits per heavy atom. The van der Waals surface area contributed by atoms with Gasteiger partial charge in [0.1, 0.15) is 11.4 Å². The van der Waals surface area contributed by atoms with Gasteiger partial charge in [-0.25, -0.2) is 4.39 Å². The Balaban J connectivity index is 1.47. The van der Waals surface area contributed by atoms with Crippen LogP contribution in [0.1, 0.15) is 33.8 Å². The number of halogens is 1. The molecule has 2 aromatic carbocycles. The third kappa shape index (κ3) is 3.82. The Kier molecular flexibility index (Phi) is 4.59. The molecule has 5 heteroatoms. The summed E-state index contributed by atoms with van der Waals surface area (Å²) < 4.78 is 14.9. The topological polar surface area (TPSA) is 51.1 Å². The van der Waals surface area contributed by atoms with Gasteiger partial charge in [-0.15, -0.1) is 0 Å². The van der Waals surface area contributed by atoms with Crippen molar-refractivity contribution in [3.8, 4) is 0 Å². The number of hydrogen-bond acceptors (Lipinski definition) is 2. The summed E-state index contributed by atoms with van der Waals surface area (Å²) in [6.45, 7) is 0.413. The van der Waals surface area contributed by atoms with Gasteiger partial charge >= 0.3 is 0 Å². The summed E-state index contributed by atoms with van der Waals surface area (Å²) in [7, 11) is 0. The number of nitrogens with one attached hydrogen (secondary N) is 1. The van der Waals surface area contributed by atoms with E-state index in [1.165, 1.54) is 16.7 Å². The van der Waals surface area contributed by atoms with Crippen molar-refractivity contribution in [2.75, 3.05) is 0 Å². The molecule has 1 amide bonds. The van der Waals surface area contributed by atoms with Crippen LogP contribution in [0, 0.1) is 5.82 Å². The summed E-state index contributed by atoms with van der Waals surface area (Å²) in [5.41, 5.74) is 1.67. The van der Waals surface area contributed by atoms with Crippen LogP contribution in [0.4, 0.5) is 4.39 Å². The highest BCUT2D eigenvalue weighted by Crippen LogP contribution is 2.40. The Labute approximate surface area is 156 Å². The van der Waals surface area contributed by atoms with Gasteiger partial charge in [0.15, 0.2) is 0 Å². The fourth-order valence-corrected chi connectivity index (χ4v) is 3.32. The number of amides is 1. The molecule has 1 aromatic heterocycles. The zero-order valence-corrected chi connectivity index (χ0v) is 14.6. The minimum Gasteiger partial charge on any atom is -0.348 e. The minimum absolute atomic E-state index is 0.0681. The minimum atomic E-state index is -0.383. The van der Waals surface area contributed by atoms with Crippen LogP contribution in [0.2, 0.25) is 0 Å². The Morgan fingerprint density at radius 1 is 1.07 bits per heavy atom. The standard InChI is InChI=1S/C22H19FN2O2/c23-17-9-4-8-16(12-17)19-13-20(19)24-21(26)18-10-5-11-25(22(18)27)14-15-6-2-1-3-7-15/h1-12,19-20H,13-14H2,(H,24,26)/t19-,20+/m0/s1. The lowest BCUT2D eigenvalue weighted by atomic mass is 10.1. The van der Waals surface area contributed by atoms with Gasteiger partial charge in [0, 0.05) is 18.2 Å². The summed E-state index contributed by atoms with van der Waals surface area (Å²) in [6, 6.07) is 19.2. The maximum atomic E-state index is 13.4. The van der Waals surface area contributed by atoms with Crippen LogP contribution in [-0.4, -0.2) is 16.5 Å². The van der Waals surface area contributed by atoms with Gasteiger partial charge < -0.3 is 9.88 Å². The van der Waals surface area contributed by atoms with Gasteiger partial charge in [-0.1, -0.05) is 42.5 Å². The zero-order chi connectivity index (χ0) is 18.8. The predicted octanol–water partition coefficient (Wildman–Crippen LogP) is 3.32. The average Bonchev–Trinajstić information content (AvgIpc) is 3.43. The van der Waals surface area contributed by atoms with E-state index in [1.54, 1.807) is 24.4 Å². The van der Waals surface area contributed by atoms with Crippen LogP contribution in [0.5, 0.6) is 0 Å². The molecule has 4 rings (SSSR count). The van der Waals surface area contributed by atoms with E-state index in [2.05, 4.69) is 5.32 Å². The fourth-order valence-electron chi connectivity index (χ4n) is 3.32. The molecule has 0 aliphatic heterocycles. The number of aromatic nitrogens is 1. The Bertz CT molecular complexity index is 1030. The number of pyridine rings is 1. The second-order valence-electron chi connectivity index (χ2n) is 6.82. The van der Waals surface area contributed by atoms with Crippen molar-refractivity contribution in [2.45, 2.75) is 24.9 Å². The van der Waals surface area contributed by atoms with Gasteiger partial charge in [-0.3, -0.25) is 9.59 Å². The van der Waals surface area contributed by atoms with E-state index in [0.29, 0.717) is 6.54 Å². The highest BCUT2D eigenvalue weighted by molar-refractivity contribution is 5.94. The van der Waals surface area contributed by atoms with Gasteiger partial charge in [-0.2, -0.15) is 0 Å². The van der Waals surface area contributed by atoms with Gasteiger partial charge in [0.25, 0.3) is 11.5 Å². The maximum absolute atomic E-state index is 13.4. The zero-order valence-electron chi connectivity index (χ0n) is 14.6. The van der Waals surface area contributed by atoms with Crippen LogP contribution in [-0.2, 0) is 6.54 Å². The molecular formula is C22H19FN2O2. The van der Waals surface area contributed by atoms with E-state index in [1.807, 2.05) is 36.4 Å². The molecule has 0 saturated heterocycles. The van der Waals surface area contributed by atoms with Crippen LogP contribution < -0.4 is 10.9 Å². The van der Waals surface area contributed by atoms with E-state index in [-0.39, 0.29) is 34.8 Å². The maximum Gasteiger partial charge on any atom is 0.263 e. The summed E-state index contributed by atoms with van der Waals surface area (Å²) in [4.78, 5) is 25.2. The van der Waals surface area contributed by atoms with E-state index >= 15 is 0 Å². The highest BCUT2D eigenvalue weighted by Gasteiger charge is 2.40. The summed E-state index contributed by atoms with van der Waals surface area (Å²) in [6.07, 6.45) is 2.43. The summed E-state index contributed by atoms with van der Waals surface area (Å²) in [5, 5.41) is 2.90. The molecular weight excluding hydrogens is 343 g/mol. The molecule has 3 aromatic rings. The highest BCUT2D eigenvalue weighted by atomic mass is 19.1. The van der Waals surface area contributed by atoms with Crippen LogP contribution >= 0.6 is 0 Å². The molecule has 0 radical (unpaired) electrons. The van der Waals surface area contributed by atoms with Crippen LogP contribution in [0.3, 0.4) is 0 Å². The van der Waals surface area contributed by atoms with Gasteiger partial charge in [0.05, 0.1) is 6.54 Å². The number of benzene rings is 2. The lowest BCUT2D eigenvalue weighted by Gasteiger charge is -2.09. The average molecular weight is 362 g/mol. The van der Waals surface area contributed by atoms with Crippen molar-refractivity contribution in [3.05, 3.63) is 106 Å². The van der Waals surface area contributed by atoms with Crippen molar-refractivity contribution < 1.29 is 9.18 Å². The number of carbonyl (C=O) groups excluding carboxylic acids is 1. The quantitative estimate of drug-likeness (QED) is 0.757. The fraction of sp³-hybridized carbons (Fsp3) is 0.182. The van der Waals surface area contributed by atoms with Gasteiger partial charge in [0.2, 0.25) is 0 Å². The van der Waals surface area contributed by atoms with Crippen molar-refractivity contribution in [3.63, 3.8) is 0 Å². The SMILES string of the molecule is O=C(N[C@@H]1C[C@H]1c1cccc(F)c1)c1cccn(Cc2ccccc2)c1=O. The number of hydrogen-bond donors (Lipinski definition) is 1. The number of rotatable bonds is 5. The van der Waals surface area contributed by atoms with Crippen LogP contribution in [0.25, 0.3) is 0 Å². The van der Waals surface area contributed by atoms with Crippen LogP contribution in [0.15, 0.2) is 77.7 Å². The number of nitrogens with zero attached hydrogens (tertiary/aromatic N) is 1. The monoisotopic (exact) mass is 362 g/mol. The molecule has 1 saturated carbocycles. The normalized spacial score (nSPS) is 18.1. The van der Waals surface area contributed by atoms with E-state index < -0.39 is 0 Å². The first kappa shape index (κ1) is 17.2. The second-order valence-corrected chi connectivity index (χ2v) is 6.82. The molecule has 0 bridgehead atoms. The lowest BCUT2D eigenvalue weighted by molar-refractivity contribution is 0.0948. The molecule has 1 fully saturated rings.